The minimum absolute atomic E-state index is 0.306. The zero-order chi connectivity index (χ0) is 10.8. The fourth-order valence-corrected chi connectivity index (χ4v) is 1.98. The summed E-state index contributed by atoms with van der Waals surface area (Å²) in [5, 5.41) is 0. The highest BCUT2D eigenvalue weighted by Crippen LogP contribution is 2.28. The molecule has 2 N–H and O–H groups in total. The summed E-state index contributed by atoms with van der Waals surface area (Å²) in [6.45, 7) is 0.674. The molecule has 1 heterocycles. The number of furan rings is 1. The van der Waals surface area contributed by atoms with Gasteiger partial charge in [0.25, 0.3) is 0 Å². The zero-order valence-electron chi connectivity index (χ0n) is 8.79. The Morgan fingerprint density at radius 2 is 2.53 bits per heavy atom. The van der Waals surface area contributed by atoms with E-state index >= 15 is 0 Å². The number of hydrogen-bond donors (Lipinski definition) is 1. The summed E-state index contributed by atoms with van der Waals surface area (Å²) in [6.07, 6.45) is 2.85. The third kappa shape index (κ3) is 1.90. The molecule has 15 heavy (non-hydrogen) atoms. The lowest BCUT2D eigenvalue weighted by molar-refractivity contribution is 0.0562. The first kappa shape index (κ1) is 10.2. The molecule has 1 aromatic heterocycles. The van der Waals surface area contributed by atoms with Gasteiger partial charge >= 0.3 is 5.97 Å². The normalized spacial score (nSPS) is 19.7. The minimum Gasteiger partial charge on any atom is -0.463 e. The summed E-state index contributed by atoms with van der Waals surface area (Å²) in [4.78, 5) is 11.2. The van der Waals surface area contributed by atoms with Crippen molar-refractivity contribution in [2.45, 2.75) is 19.3 Å². The predicted molar refractivity (Wildman–Crippen MR) is 54.6 cm³/mol. The van der Waals surface area contributed by atoms with Crippen LogP contribution in [0.5, 0.6) is 0 Å². The van der Waals surface area contributed by atoms with Crippen molar-refractivity contribution in [1.29, 1.82) is 0 Å². The van der Waals surface area contributed by atoms with E-state index in [0.29, 0.717) is 18.2 Å². The van der Waals surface area contributed by atoms with Crippen molar-refractivity contribution in [2.24, 2.45) is 11.7 Å². The first-order valence-electron chi connectivity index (χ1n) is 5.14. The van der Waals surface area contributed by atoms with E-state index in [1.807, 2.05) is 0 Å². The van der Waals surface area contributed by atoms with Crippen molar-refractivity contribution in [1.82, 2.24) is 0 Å². The summed E-state index contributed by atoms with van der Waals surface area (Å²) in [7, 11) is 1.35. The number of carbonyl (C=O) groups excluding carboxylic acids is 1. The molecule has 0 bridgehead atoms. The summed E-state index contributed by atoms with van der Waals surface area (Å²) in [6, 6.07) is 1.79. The molecule has 1 atom stereocenters. The van der Waals surface area contributed by atoms with Crippen LogP contribution in [-0.2, 0) is 17.6 Å². The maximum atomic E-state index is 11.2. The molecule has 0 spiro atoms. The van der Waals surface area contributed by atoms with E-state index in [2.05, 4.69) is 4.74 Å². The van der Waals surface area contributed by atoms with Crippen molar-refractivity contribution >= 4 is 5.97 Å². The Kier molecular flexibility index (Phi) is 2.77. The van der Waals surface area contributed by atoms with Gasteiger partial charge in [-0.15, -0.1) is 0 Å². The van der Waals surface area contributed by atoms with Crippen molar-refractivity contribution in [3.8, 4) is 0 Å². The van der Waals surface area contributed by atoms with Gasteiger partial charge in [0.2, 0.25) is 5.76 Å². The van der Waals surface area contributed by atoms with Gasteiger partial charge in [-0.25, -0.2) is 4.79 Å². The molecule has 0 aliphatic heterocycles. The van der Waals surface area contributed by atoms with Crippen LogP contribution in [0.4, 0.5) is 0 Å². The Hall–Kier alpha value is -1.29. The van der Waals surface area contributed by atoms with E-state index in [9.17, 15) is 4.79 Å². The highest BCUT2D eigenvalue weighted by molar-refractivity contribution is 5.86. The second-order valence-electron chi connectivity index (χ2n) is 3.90. The summed E-state index contributed by atoms with van der Waals surface area (Å²) in [5.74, 6) is 1.28. The SMILES string of the molecule is COC(=O)c1cc2c(o1)CC(CN)CC2. The number of esters is 1. The molecule has 1 aromatic rings. The van der Waals surface area contributed by atoms with Gasteiger partial charge < -0.3 is 14.9 Å². The molecule has 4 nitrogen and oxygen atoms in total. The van der Waals surface area contributed by atoms with Crippen LogP contribution in [0.25, 0.3) is 0 Å². The summed E-state index contributed by atoms with van der Waals surface area (Å²) < 4.78 is 10.1. The van der Waals surface area contributed by atoms with Crippen LogP contribution in [0.1, 0.15) is 28.3 Å². The van der Waals surface area contributed by atoms with E-state index in [4.69, 9.17) is 10.2 Å². The number of carbonyl (C=O) groups is 1. The van der Waals surface area contributed by atoms with Crippen LogP contribution in [0.3, 0.4) is 0 Å². The molecule has 1 unspecified atom stereocenters. The van der Waals surface area contributed by atoms with E-state index in [-0.39, 0.29) is 0 Å². The third-order valence-electron chi connectivity index (χ3n) is 2.91. The van der Waals surface area contributed by atoms with Gasteiger partial charge in [-0.2, -0.15) is 0 Å². The Morgan fingerprint density at radius 1 is 1.73 bits per heavy atom. The molecular formula is C11H15NO3. The Labute approximate surface area is 88.4 Å². The number of fused-ring (bicyclic) bond motifs is 1. The Balaban J connectivity index is 2.21. The number of hydrogen-bond acceptors (Lipinski definition) is 4. The summed E-state index contributed by atoms with van der Waals surface area (Å²) >= 11 is 0. The maximum absolute atomic E-state index is 11.2. The second-order valence-corrected chi connectivity index (χ2v) is 3.90. The lowest BCUT2D eigenvalue weighted by Gasteiger charge is -2.18. The zero-order valence-corrected chi connectivity index (χ0v) is 8.79. The highest BCUT2D eigenvalue weighted by atomic mass is 16.5. The Bertz CT molecular complexity index is 370. The van der Waals surface area contributed by atoms with E-state index in [1.165, 1.54) is 7.11 Å². The number of nitrogens with two attached hydrogens (primary N) is 1. The van der Waals surface area contributed by atoms with Gasteiger partial charge in [0.15, 0.2) is 0 Å². The van der Waals surface area contributed by atoms with Gasteiger partial charge in [0, 0.05) is 6.42 Å². The molecule has 82 valence electrons. The number of rotatable bonds is 2. The molecule has 2 rings (SSSR count). The van der Waals surface area contributed by atoms with Gasteiger partial charge in [-0.3, -0.25) is 0 Å². The average molecular weight is 209 g/mol. The van der Waals surface area contributed by atoms with Gasteiger partial charge in [-0.1, -0.05) is 0 Å². The molecule has 0 saturated carbocycles. The van der Waals surface area contributed by atoms with Crippen molar-refractivity contribution < 1.29 is 13.9 Å². The summed E-state index contributed by atoms with van der Waals surface area (Å²) in [5.41, 5.74) is 6.74. The first-order chi connectivity index (χ1) is 7.24. The lowest BCUT2D eigenvalue weighted by Crippen LogP contribution is -2.21. The smallest absolute Gasteiger partial charge is 0.373 e. The van der Waals surface area contributed by atoms with Gasteiger partial charge in [0.1, 0.15) is 5.76 Å². The second kappa shape index (κ2) is 4.06. The van der Waals surface area contributed by atoms with Crippen LogP contribution < -0.4 is 5.73 Å². The first-order valence-corrected chi connectivity index (χ1v) is 5.14. The number of aryl methyl sites for hydroxylation is 1. The molecule has 0 radical (unpaired) electrons. The quantitative estimate of drug-likeness (QED) is 0.741. The molecule has 1 aliphatic rings. The average Bonchev–Trinajstić information content (AvgIpc) is 2.70. The van der Waals surface area contributed by atoms with E-state index in [0.717, 1.165) is 30.6 Å². The minimum atomic E-state index is -0.409. The molecule has 1 aliphatic carbocycles. The lowest BCUT2D eigenvalue weighted by atomic mass is 9.88. The standard InChI is InChI=1S/C11H15NO3/c1-14-11(13)10-5-8-3-2-7(6-12)4-9(8)15-10/h5,7H,2-4,6,12H2,1H3. The molecule has 4 heteroatoms. The van der Waals surface area contributed by atoms with E-state index in [1.54, 1.807) is 6.07 Å². The Morgan fingerprint density at radius 3 is 3.20 bits per heavy atom. The van der Waals surface area contributed by atoms with Crippen LogP contribution in [-0.4, -0.2) is 19.6 Å². The molecule has 0 amide bonds. The molecule has 0 fully saturated rings. The topological polar surface area (TPSA) is 65.5 Å². The van der Waals surface area contributed by atoms with Crippen LogP contribution in [0, 0.1) is 5.92 Å². The largest absolute Gasteiger partial charge is 0.463 e. The fourth-order valence-electron chi connectivity index (χ4n) is 1.98. The molecular weight excluding hydrogens is 194 g/mol. The van der Waals surface area contributed by atoms with Crippen molar-refractivity contribution in [3.63, 3.8) is 0 Å². The van der Waals surface area contributed by atoms with E-state index < -0.39 is 5.97 Å². The van der Waals surface area contributed by atoms with Crippen LogP contribution in [0.2, 0.25) is 0 Å². The van der Waals surface area contributed by atoms with Gasteiger partial charge in [-0.05, 0) is 36.9 Å². The van der Waals surface area contributed by atoms with Crippen LogP contribution in [0.15, 0.2) is 10.5 Å². The number of ether oxygens (including phenoxy) is 1. The molecule has 0 saturated heterocycles. The fraction of sp³-hybridized carbons (Fsp3) is 0.545. The van der Waals surface area contributed by atoms with Crippen molar-refractivity contribution in [2.75, 3.05) is 13.7 Å². The highest BCUT2D eigenvalue weighted by Gasteiger charge is 2.23. The number of methoxy groups -OCH3 is 1. The van der Waals surface area contributed by atoms with Gasteiger partial charge in [0.05, 0.1) is 7.11 Å². The molecule has 0 aromatic carbocycles. The predicted octanol–water partition coefficient (Wildman–Crippen LogP) is 1.13. The van der Waals surface area contributed by atoms with Crippen molar-refractivity contribution in [3.05, 3.63) is 23.2 Å². The third-order valence-corrected chi connectivity index (χ3v) is 2.91. The maximum Gasteiger partial charge on any atom is 0.373 e. The monoisotopic (exact) mass is 209 g/mol. The van der Waals surface area contributed by atoms with Crippen LogP contribution >= 0.6 is 0 Å².